The second-order valence-electron chi connectivity index (χ2n) is 4.47. The van der Waals surface area contributed by atoms with Crippen LogP contribution in [0, 0.1) is 6.92 Å². The number of benzene rings is 1. The summed E-state index contributed by atoms with van der Waals surface area (Å²) in [7, 11) is 1.99. The number of hydrogen-bond donors (Lipinski definition) is 1. The number of nitrogens with one attached hydrogen (secondary N) is 1. The van der Waals surface area contributed by atoms with Crippen LogP contribution in [0.25, 0.3) is 10.8 Å². The molecular formula is C15H15N3S. The molecular weight excluding hydrogens is 254 g/mol. The molecule has 96 valence electrons. The average molecular weight is 269 g/mol. The zero-order chi connectivity index (χ0) is 13.2. The molecule has 0 radical (unpaired) electrons. The predicted octanol–water partition coefficient (Wildman–Crippen LogP) is 3.31. The smallest absolute Gasteiger partial charge is 0.0798 e. The van der Waals surface area contributed by atoms with Crippen LogP contribution in [0.2, 0.25) is 0 Å². The van der Waals surface area contributed by atoms with Gasteiger partial charge in [0.2, 0.25) is 0 Å². The number of pyridine rings is 1. The molecule has 3 nitrogen and oxygen atoms in total. The summed E-state index contributed by atoms with van der Waals surface area (Å²) in [4.78, 5) is 9.82. The van der Waals surface area contributed by atoms with Gasteiger partial charge in [-0.1, -0.05) is 18.2 Å². The maximum Gasteiger partial charge on any atom is 0.0798 e. The van der Waals surface area contributed by atoms with Crippen molar-refractivity contribution in [1.29, 1.82) is 0 Å². The third kappa shape index (κ3) is 2.13. The molecule has 3 aromatic rings. The largest absolute Gasteiger partial charge is 0.309 e. The van der Waals surface area contributed by atoms with Crippen molar-refractivity contribution < 1.29 is 0 Å². The molecule has 0 aliphatic heterocycles. The minimum atomic E-state index is 0.179. The Morgan fingerprint density at radius 1 is 1.26 bits per heavy atom. The normalized spacial score (nSPS) is 12.7. The van der Waals surface area contributed by atoms with Crippen LogP contribution in [0.15, 0.2) is 42.2 Å². The van der Waals surface area contributed by atoms with Gasteiger partial charge in [-0.25, -0.2) is 4.98 Å². The first-order valence-electron chi connectivity index (χ1n) is 6.21. The molecule has 19 heavy (non-hydrogen) atoms. The molecule has 0 spiro atoms. The number of fused-ring (bicyclic) bond motifs is 1. The van der Waals surface area contributed by atoms with E-state index in [4.69, 9.17) is 0 Å². The van der Waals surface area contributed by atoms with Crippen LogP contribution in [-0.2, 0) is 0 Å². The maximum atomic E-state index is 4.36. The molecule has 0 aliphatic rings. The minimum absolute atomic E-state index is 0.179. The summed E-state index contributed by atoms with van der Waals surface area (Å²) in [5.41, 5.74) is 4.27. The van der Waals surface area contributed by atoms with Crippen molar-refractivity contribution in [3.05, 3.63) is 58.3 Å². The van der Waals surface area contributed by atoms with Gasteiger partial charge in [0.1, 0.15) is 0 Å². The Bertz CT molecular complexity index is 700. The second kappa shape index (κ2) is 5.07. The van der Waals surface area contributed by atoms with Gasteiger partial charge in [0.15, 0.2) is 0 Å². The van der Waals surface area contributed by atoms with Crippen molar-refractivity contribution in [1.82, 2.24) is 15.3 Å². The van der Waals surface area contributed by atoms with Crippen LogP contribution in [0.5, 0.6) is 0 Å². The van der Waals surface area contributed by atoms with E-state index in [-0.39, 0.29) is 6.04 Å². The van der Waals surface area contributed by atoms with Crippen LogP contribution < -0.4 is 5.32 Å². The molecule has 0 saturated carbocycles. The Labute approximate surface area is 116 Å². The Kier molecular flexibility index (Phi) is 3.27. The Hall–Kier alpha value is -1.78. The molecule has 0 aliphatic carbocycles. The van der Waals surface area contributed by atoms with Gasteiger partial charge in [0.25, 0.3) is 0 Å². The fourth-order valence-corrected chi connectivity index (χ4v) is 3.34. The number of hydrogen-bond acceptors (Lipinski definition) is 4. The van der Waals surface area contributed by atoms with E-state index in [0.717, 1.165) is 5.69 Å². The first-order valence-corrected chi connectivity index (χ1v) is 7.09. The SMILES string of the molecule is CNC(c1scnc1C)c1cccc2cnccc12. The Balaban J connectivity index is 2.20. The van der Waals surface area contributed by atoms with Crippen molar-refractivity contribution in [3.8, 4) is 0 Å². The van der Waals surface area contributed by atoms with Crippen LogP contribution in [-0.4, -0.2) is 17.0 Å². The van der Waals surface area contributed by atoms with Crippen molar-refractivity contribution in [2.24, 2.45) is 0 Å². The van der Waals surface area contributed by atoms with Crippen LogP contribution in [0.4, 0.5) is 0 Å². The van der Waals surface area contributed by atoms with Gasteiger partial charge in [-0.05, 0) is 31.0 Å². The standard InChI is InChI=1S/C15H15N3S/c1-10-15(19-9-18-10)14(16-2)13-5-3-4-11-8-17-7-6-12(11)13/h3-9,14,16H,1-2H3. The van der Waals surface area contributed by atoms with E-state index >= 15 is 0 Å². The number of aryl methyl sites for hydroxylation is 1. The molecule has 1 atom stereocenters. The first kappa shape index (κ1) is 12.3. The lowest BCUT2D eigenvalue weighted by Gasteiger charge is -2.18. The molecule has 3 rings (SSSR count). The predicted molar refractivity (Wildman–Crippen MR) is 79.5 cm³/mol. The quantitative estimate of drug-likeness (QED) is 0.792. The molecule has 0 saturated heterocycles. The van der Waals surface area contributed by atoms with E-state index in [9.17, 15) is 0 Å². The molecule has 2 aromatic heterocycles. The summed E-state index contributed by atoms with van der Waals surface area (Å²) in [6.07, 6.45) is 3.75. The van der Waals surface area contributed by atoms with Gasteiger partial charge >= 0.3 is 0 Å². The summed E-state index contributed by atoms with van der Waals surface area (Å²) in [6, 6.07) is 8.60. The van der Waals surface area contributed by atoms with Gasteiger partial charge in [-0.3, -0.25) is 4.98 Å². The van der Waals surface area contributed by atoms with Crippen molar-refractivity contribution in [2.45, 2.75) is 13.0 Å². The average Bonchev–Trinajstić information content (AvgIpc) is 2.86. The molecule has 0 amide bonds. The lowest BCUT2D eigenvalue weighted by molar-refractivity contribution is 0.703. The van der Waals surface area contributed by atoms with Crippen LogP contribution >= 0.6 is 11.3 Å². The number of rotatable bonds is 3. The fourth-order valence-electron chi connectivity index (χ4n) is 2.42. The third-order valence-electron chi connectivity index (χ3n) is 3.36. The van der Waals surface area contributed by atoms with Crippen molar-refractivity contribution in [2.75, 3.05) is 7.05 Å². The second-order valence-corrected chi connectivity index (χ2v) is 5.35. The fraction of sp³-hybridized carbons (Fsp3) is 0.200. The molecule has 0 bridgehead atoms. The van der Waals surface area contributed by atoms with Gasteiger partial charge < -0.3 is 5.32 Å². The number of nitrogens with zero attached hydrogens (tertiary/aromatic N) is 2. The minimum Gasteiger partial charge on any atom is -0.309 e. The Morgan fingerprint density at radius 3 is 2.89 bits per heavy atom. The highest BCUT2D eigenvalue weighted by atomic mass is 32.1. The first-order chi connectivity index (χ1) is 9.31. The van der Waals surface area contributed by atoms with E-state index < -0.39 is 0 Å². The van der Waals surface area contributed by atoms with E-state index in [1.165, 1.54) is 21.2 Å². The van der Waals surface area contributed by atoms with Gasteiger partial charge in [0.05, 0.1) is 17.2 Å². The van der Waals surface area contributed by atoms with Crippen molar-refractivity contribution >= 4 is 22.1 Å². The van der Waals surface area contributed by atoms with Gasteiger partial charge in [-0.15, -0.1) is 11.3 Å². The summed E-state index contributed by atoms with van der Waals surface area (Å²) in [5.74, 6) is 0. The van der Waals surface area contributed by atoms with E-state index in [1.807, 2.05) is 25.0 Å². The van der Waals surface area contributed by atoms with Crippen molar-refractivity contribution in [3.63, 3.8) is 0 Å². The molecule has 1 aromatic carbocycles. The summed E-state index contributed by atoms with van der Waals surface area (Å²) in [6.45, 7) is 2.06. The van der Waals surface area contributed by atoms with E-state index in [1.54, 1.807) is 11.3 Å². The highest BCUT2D eigenvalue weighted by molar-refractivity contribution is 7.09. The summed E-state index contributed by atoms with van der Waals surface area (Å²) < 4.78 is 0. The highest BCUT2D eigenvalue weighted by Gasteiger charge is 2.18. The maximum absolute atomic E-state index is 4.36. The monoisotopic (exact) mass is 269 g/mol. The topological polar surface area (TPSA) is 37.8 Å². The zero-order valence-corrected chi connectivity index (χ0v) is 11.7. The lowest BCUT2D eigenvalue weighted by Crippen LogP contribution is -2.17. The molecule has 0 fully saturated rings. The highest BCUT2D eigenvalue weighted by Crippen LogP contribution is 2.31. The number of aromatic nitrogens is 2. The molecule has 1 unspecified atom stereocenters. The summed E-state index contributed by atoms with van der Waals surface area (Å²) >= 11 is 1.70. The van der Waals surface area contributed by atoms with E-state index in [0.29, 0.717) is 0 Å². The molecule has 4 heteroatoms. The van der Waals surface area contributed by atoms with Crippen LogP contribution in [0.1, 0.15) is 22.2 Å². The van der Waals surface area contributed by atoms with E-state index in [2.05, 4.69) is 46.5 Å². The van der Waals surface area contributed by atoms with Gasteiger partial charge in [0, 0.05) is 22.7 Å². The molecule has 1 N–H and O–H groups in total. The zero-order valence-electron chi connectivity index (χ0n) is 10.9. The Morgan fingerprint density at radius 2 is 2.16 bits per heavy atom. The lowest BCUT2D eigenvalue weighted by atomic mass is 9.98. The van der Waals surface area contributed by atoms with Crippen LogP contribution in [0.3, 0.4) is 0 Å². The third-order valence-corrected chi connectivity index (χ3v) is 4.35. The number of thiazole rings is 1. The summed E-state index contributed by atoms with van der Waals surface area (Å²) in [5, 5.41) is 5.81. The van der Waals surface area contributed by atoms with Gasteiger partial charge in [-0.2, -0.15) is 0 Å². The molecule has 2 heterocycles.